The van der Waals surface area contributed by atoms with Crippen LogP contribution in [0, 0.1) is 5.92 Å². The average Bonchev–Trinajstić information content (AvgIpc) is 2.76. The van der Waals surface area contributed by atoms with Gasteiger partial charge >= 0.3 is 0 Å². The molecule has 0 aromatic heterocycles. The number of morpholine rings is 1. The fourth-order valence-electron chi connectivity index (χ4n) is 4.27. The molecule has 0 radical (unpaired) electrons. The Morgan fingerprint density at radius 3 is 2.25 bits per heavy atom. The third-order valence-electron chi connectivity index (χ3n) is 6.29. The zero-order valence-electron chi connectivity index (χ0n) is 18.5. The van der Waals surface area contributed by atoms with Crippen molar-refractivity contribution in [2.45, 2.75) is 57.2 Å². The molecular formula is C21H42N4O2S. The van der Waals surface area contributed by atoms with E-state index in [4.69, 9.17) is 14.5 Å². The Hall–Kier alpha value is -0.500. The Bertz CT molecular complexity index is 448. The summed E-state index contributed by atoms with van der Waals surface area (Å²) < 4.78 is 11.4. The van der Waals surface area contributed by atoms with Gasteiger partial charge in [-0.05, 0) is 31.9 Å². The standard InChI is InChI=1S/C21H42N4O2S/c1-5-18(6-2)19(25-10-14-27-15-11-25)16-23-20(22-7-3)24-17-21(28-4)8-12-26-13-9-21/h18-19H,5-17H2,1-4H3,(H2,22,23,24). The lowest BCUT2D eigenvalue weighted by Gasteiger charge is -2.39. The zero-order chi connectivity index (χ0) is 20.2. The quantitative estimate of drug-likeness (QED) is 0.423. The van der Waals surface area contributed by atoms with Gasteiger partial charge in [0.25, 0.3) is 0 Å². The Labute approximate surface area is 176 Å². The second kappa shape index (κ2) is 12.9. The number of nitrogens with zero attached hydrogens (tertiary/aromatic N) is 2. The number of rotatable bonds is 10. The SMILES string of the molecule is CCNC(=NCC1(SC)CCOCC1)NCC(C(CC)CC)N1CCOCC1. The highest BCUT2D eigenvalue weighted by Gasteiger charge is 2.32. The first-order chi connectivity index (χ1) is 13.7. The van der Waals surface area contributed by atoms with Crippen molar-refractivity contribution in [3.63, 3.8) is 0 Å². The van der Waals surface area contributed by atoms with E-state index < -0.39 is 0 Å². The van der Waals surface area contributed by atoms with E-state index in [1.165, 1.54) is 12.8 Å². The molecule has 2 rings (SSSR count). The largest absolute Gasteiger partial charge is 0.381 e. The van der Waals surface area contributed by atoms with Gasteiger partial charge in [-0.25, -0.2) is 0 Å². The summed E-state index contributed by atoms with van der Waals surface area (Å²) in [5.41, 5.74) is 0. The smallest absolute Gasteiger partial charge is 0.191 e. The highest BCUT2D eigenvalue weighted by molar-refractivity contribution is 8.00. The lowest BCUT2D eigenvalue weighted by atomic mass is 9.92. The minimum absolute atomic E-state index is 0.222. The lowest BCUT2D eigenvalue weighted by molar-refractivity contribution is 0.00272. The summed E-state index contributed by atoms with van der Waals surface area (Å²) in [7, 11) is 0. The molecule has 2 heterocycles. The molecule has 2 aliphatic heterocycles. The van der Waals surface area contributed by atoms with Crippen LogP contribution in [0.5, 0.6) is 0 Å². The molecule has 0 aromatic carbocycles. The van der Waals surface area contributed by atoms with Gasteiger partial charge in [-0.2, -0.15) is 11.8 Å². The van der Waals surface area contributed by atoms with Crippen molar-refractivity contribution in [2.75, 3.05) is 65.4 Å². The number of nitrogens with one attached hydrogen (secondary N) is 2. The molecule has 7 heteroatoms. The van der Waals surface area contributed by atoms with Crippen molar-refractivity contribution < 1.29 is 9.47 Å². The molecule has 6 nitrogen and oxygen atoms in total. The molecule has 1 atom stereocenters. The highest BCUT2D eigenvalue weighted by atomic mass is 32.2. The molecule has 0 spiro atoms. The Kier molecular flexibility index (Phi) is 11.0. The monoisotopic (exact) mass is 414 g/mol. The van der Waals surface area contributed by atoms with Crippen LogP contribution in [0.15, 0.2) is 4.99 Å². The fraction of sp³-hybridized carbons (Fsp3) is 0.952. The van der Waals surface area contributed by atoms with Gasteiger partial charge in [0, 0.05) is 50.2 Å². The van der Waals surface area contributed by atoms with Gasteiger partial charge in [0.05, 0.1) is 19.8 Å². The summed E-state index contributed by atoms with van der Waals surface area (Å²) in [5.74, 6) is 1.65. The van der Waals surface area contributed by atoms with E-state index in [-0.39, 0.29) is 4.75 Å². The molecule has 0 bridgehead atoms. The van der Waals surface area contributed by atoms with Crippen LogP contribution in [0.25, 0.3) is 0 Å². The van der Waals surface area contributed by atoms with Crippen molar-refractivity contribution in [1.29, 1.82) is 0 Å². The summed E-state index contributed by atoms with van der Waals surface area (Å²) >= 11 is 1.95. The van der Waals surface area contributed by atoms with Crippen molar-refractivity contribution in [3.8, 4) is 0 Å². The number of hydrogen-bond donors (Lipinski definition) is 2. The Morgan fingerprint density at radius 1 is 1.04 bits per heavy atom. The van der Waals surface area contributed by atoms with Gasteiger partial charge in [0.1, 0.15) is 0 Å². The molecular weight excluding hydrogens is 372 g/mol. The maximum atomic E-state index is 5.58. The summed E-state index contributed by atoms with van der Waals surface area (Å²) in [6.07, 6.45) is 6.80. The first kappa shape index (κ1) is 23.8. The van der Waals surface area contributed by atoms with Gasteiger partial charge in [-0.3, -0.25) is 9.89 Å². The maximum Gasteiger partial charge on any atom is 0.191 e. The summed E-state index contributed by atoms with van der Waals surface area (Å²) in [4.78, 5) is 7.59. The van der Waals surface area contributed by atoms with Gasteiger partial charge in [-0.15, -0.1) is 0 Å². The summed E-state index contributed by atoms with van der Waals surface area (Å²) in [6, 6.07) is 0.528. The van der Waals surface area contributed by atoms with Crippen LogP contribution in [-0.2, 0) is 9.47 Å². The molecule has 2 saturated heterocycles. The van der Waals surface area contributed by atoms with Crippen LogP contribution in [-0.4, -0.2) is 87.1 Å². The number of aliphatic imine (C=N–C) groups is 1. The molecule has 164 valence electrons. The predicted molar refractivity (Wildman–Crippen MR) is 121 cm³/mol. The van der Waals surface area contributed by atoms with E-state index in [0.717, 1.165) is 78.0 Å². The van der Waals surface area contributed by atoms with Gasteiger partial charge in [0.15, 0.2) is 5.96 Å². The first-order valence-corrected chi connectivity index (χ1v) is 12.4. The van der Waals surface area contributed by atoms with Gasteiger partial charge in [-0.1, -0.05) is 26.7 Å². The molecule has 1 unspecified atom stereocenters. The van der Waals surface area contributed by atoms with Gasteiger partial charge in [0.2, 0.25) is 0 Å². The second-order valence-electron chi connectivity index (χ2n) is 7.87. The van der Waals surface area contributed by atoms with Crippen molar-refractivity contribution >= 4 is 17.7 Å². The molecule has 0 aliphatic carbocycles. The minimum atomic E-state index is 0.222. The van der Waals surface area contributed by atoms with Crippen LogP contribution in [0.4, 0.5) is 0 Å². The second-order valence-corrected chi connectivity index (χ2v) is 9.14. The summed E-state index contributed by atoms with van der Waals surface area (Å²) in [5, 5.41) is 7.12. The van der Waals surface area contributed by atoms with Crippen LogP contribution < -0.4 is 10.6 Å². The lowest BCUT2D eigenvalue weighted by Crippen LogP contribution is -2.53. The normalized spacial score (nSPS) is 22.2. The van der Waals surface area contributed by atoms with Crippen LogP contribution in [0.2, 0.25) is 0 Å². The highest BCUT2D eigenvalue weighted by Crippen LogP contribution is 2.34. The van der Waals surface area contributed by atoms with Crippen molar-refractivity contribution in [1.82, 2.24) is 15.5 Å². The third kappa shape index (κ3) is 7.08. The molecule has 0 amide bonds. The van der Waals surface area contributed by atoms with Crippen LogP contribution in [0.1, 0.15) is 46.5 Å². The van der Waals surface area contributed by atoms with Crippen LogP contribution in [0.3, 0.4) is 0 Å². The number of guanidine groups is 1. The average molecular weight is 415 g/mol. The summed E-state index contributed by atoms with van der Waals surface area (Å²) in [6.45, 7) is 14.9. The Balaban J connectivity index is 2.01. The van der Waals surface area contributed by atoms with E-state index in [1.54, 1.807) is 0 Å². The number of hydrogen-bond acceptors (Lipinski definition) is 5. The minimum Gasteiger partial charge on any atom is -0.381 e. The van der Waals surface area contributed by atoms with Crippen molar-refractivity contribution in [2.24, 2.45) is 10.9 Å². The van der Waals surface area contributed by atoms with E-state index in [9.17, 15) is 0 Å². The predicted octanol–water partition coefficient (Wildman–Crippen LogP) is 2.59. The molecule has 0 aromatic rings. The molecule has 2 fully saturated rings. The maximum absolute atomic E-state index is 5.58. The molecule has 2 aliphatic rings. The number of thioether (sulfide) groups is 1. The van der Waals surface area contributed by atoms with E-state index in [2.05, 4.69) is 42.6 Å². The van der Waals surface area contributed by atoms with Crippen molar-refractivity contribution in [3.05, 3.63) is 0 Å². The zero-order valence-corrected chi connectivity index (χ0v) is 19.3. The first-order valence-electron chi connectivity index (χ1n) is 11.1. The van der Waals surface area contributed by atoms with E-state index in [1.807, 2.05) is 11.8 Å². The third-order valence-corrected chi connectivity index (χ3v) is 7.70. The van der Waals surface area contributed by atoms with Gasteiger partial charge < -0.3 is 20.1 Å². The van der Waals surface area contributed by atoms with E-state index in [0.29, 0.717) is 12.0 Å². The Morgan fingerprint density at radius 2 is 1.68 bits per heavy atom. The van der Waals surface area contributed by atoms with Crippen LogP contribution >= 0.6 is 11.8 Å². The fourth-order valence-corrected chi connectivity index (χ4v) is 5.04. The molecule has 2 N–H and O–H groups in total. The number of ether oxygens (including phenoxy) is 2. The molecule has 28 heavy (non-hydrogen) atoms. The van der Waals surface area contributed by atoms with E-state index >= 15 is 0 Å². The topological polar surface area (TPSA) is 58.1 Å². The molecule has 0 saturated carbocycles.